The number of ether oxygens (including phenoxy) is 1. The summed E-state index contributed by atoms with van der Waals surface area (Å²) in [7, 11) is -3.55. The zero-order valence-electron chi connectivity index (χ0n) is 24.2. The lowest BCUT2D eigenvalue weighted by atomic mass is 10.0. The van der Waals surface area contributed by atoms with Gasteiger partial charge in [-0.05, 0) is 79.8 Å². The molecule has 2 aromatic rings. The van der Waals surface area contributed by atoms with Gasteiger partial charge in [-0.25, -0.2) is 8.42 Å². The predicted octanol–water partition coefficient (Wildman–Crippen LogP) is 3.22. The Morgan fingerprint density at radius 3 is 2.49 bits per heavy atom. The molecule has 0 unspecified atom stereocenters. The topological polar surface area (TPSA) is 144 Å². The number of amides is 1. The highest BCUT2D eigenvalue weighted by Crippen LogP contribution is 2.32. The molecule has 3 aliphatic rings. The number of anilines is 2. The minimum absolute atomic E-state index is 0.0189. The zero-order chi connectivity index (χ0) is 30.4. The molecule has 2 fully saturated rings. The number of phenolic OH excluding ortho intramolecular Hbond substituents is 1. The third kappa shape index (κ3) is 8.88. The quantitative estimate of drug-likeness (QED) is 0.229. The van der Waals surface area contributed by atoms with Crippen molar-refractivity contribution in [2.45, 2.75) is 44.2 Å². The second-order valence-corrected chi connectivity index (χ2v) is 13.9. The van der Waals surface area contributed by atoms with Gasteiger partial charge in [0.1, 0.15) is 24.2 Å². The second kappa shape index (κ2) is 14.0. The fraction of sp³-hybridized carbons (Fsp3) is 0.467. The van der Waals surface area contributed by atoms with E-state index in [9.17, 15) is 23.4 Å². The van der Waals surface area contributed by atoms with Crippen LogP contribution in [0, 0.1) is 0 Å². The Bertz CT molecular complexity index is 1450. The van der Waals surface area contributed by atoms with E-state index in [2.05, 4.69) is 37.0 Å². The Labute approximate surface area is 257 Å². The second-order valence-electron chi connectivity index (χ2n) is 11.1. The monoisotopic (exact) mass is 629 g/mol. The average molecular weight is 630 g/mol. The summed E-state index contributed by atoms with van der Waals surface area (Å²) in [6.45, 7) is 4.09. The number of aliphatic hydroxyl groups is 1. The number of aliphatic imine (C=N–C) groups is 1. The molecule has 13 heteroatoms. The maximum absolute atomic E-state index is 12.5. The van der Waals surface area contributed by atoms with Crippen molar-refractivity contribution in [1.29, 1.82) is 0 Å². The highest BCUT2D eigenvalue weighted by atomic mass is 32.2. The summed E-state index contributed by atoms with van der Waals surface area (Å²) in [4.78, 5) is 22.0. The Hall–Kier alpha value is -3.26. The molecule has 2 saturated heterocycles. The van der Waals surface area contributed by atoms with Gasteiger partial charge in [0.05, 0.1) is 16.8 Å². The van der Waals surface area contributed by atoms with E-state index in [1.807, 2.05) is 18.2 Å². The number of rotatable bonds is 10. The minimum Gasteiger partial charge on any atom is -0.506 e. The summed E-state index contributed by atoms with van der Waals surface area (Å²) in [5, 5.41) is 24.5. The van der Waals surface area contributed by atoms with Crippen molar-refractivity contribution in [3.05, 3.63) is 52.9 Å². The molecule has 43 heavy (non-hydrogen) atoms. The highest BCUT2D eigenvalue weighted by Gasteiger charge is 2.27. The van der Waals surface area contributed by atoms with E-state index in [-0.39, 0.29) is 30.0 Å². The number of amidine groups is 1. The molecule has 0 spiro atoms. The van der Waals surface area contributed by atoms with Gasteiger partial charge in [-0.1, -0.05) is 12.1 Å². The van der Waals surface area contributed by atoms with Gasteiger partial charge in [-0.3, -0.25) is 9.52 Å². The average Bonchev–Trinajstić information content (AvgIpc) is 3.36. The third-order valence-electron chi connectivity index (χ3n) is 7.63. The summed E-state index contributed by atoms with van der Waals surface area (Å²) in [5.74, 6) is -0.0315. The summed E-state index contributed by atoms with van der Waals surface area (Å²) in [5.41, 5.74) is 2.14. The van der Waals surface area contributed by atoms with Gasteiger partial charge in [0.2, 0.25) is 10.0 Å². The molecule has 2 aromatic carbocycles. The van der Waals surface area contributed by atoms with E-state index in [1.165, 1.54) is 36.4 Å². The van der Waals surface area contributed by atoms with Crippen molar-refractivity contribution in [1.82, 2.24) is 10.2 Å². The molecular weight excluding hydrogens is 590 g/mol. The van der Waals surface area contributed by atoms with Crippen LogP contribution in [0.25, 0.3) is 6.08 Å². The molecule has 1 amide bonds. The number of aromatic hydroxyl groups is 1. The van der Waals surface area contributed by atoms with Gasteiger partial charge < -0.3 is 30.1 Å². The number of aliphatic hydroxyl groups excluding tert-OH is 1. The number of hydrogen-bond donors (Lipinski definition) is 4. The number of nitrogens with one attached hydrogen (secondary N) is 2. The smallest absolute Gasteiger partial charge is 0.286 e. The van der Waals surface area contributed by atoms with E-state index in [1.54, 1.807) is 0 Å². The van der Waals surface area contributed by atoms with E-state index in [0.29, 0.717) is 17.2 Å². The van der Waals surface area contributed by atoms with Crippen LogP contribution in [0.5, 0.6) is 11.5 Å². The summed E-state index contributed by atoms with van der Waals surface area (Å²) in [6, 6.07) is 12.8. The number of hydrogen-bond acceptors (Lipinski definition) is 10. The summed E-state index contributed by atoms with van der Waals surface area (Å²) in [6.07, 6.45) is 7.56. The lowest BCUT2D eigenvalue weighted by Gasteiger charge is -2.34. The first-order valence-electron chi connectivity index (χ1n) is 14.6. The lowest BCUT2D eigenvalue weighted by Crippen LogP contribution is -2.45. The van der Waals surface area contributed by atoms with Gasteiger partial charge in [0, 0.05) is 50.5 Å². The first-order chi connectivity index (χ1) is 20.6. The van der Waals surface area contributed by atoms with Crippen molar-refractivity contribution in [3.63, 3.8) is 0 Å². The maximum atomic E-state index is 12.5. The van der Waals surface area contributed by atoms with Crippen LogP contribution in [0.2, 0.25) is 0 Å². The molecule has 0 bridgehead atoms. The highest BCUT2D eigenvalue weighted by molar-refractivity contribution is 8.18. The Morgan fingerprint density at radius 2 is 1.79 bits per heavy atom. The number of sulfonamides is 1. The maximum Gasteiger partial charge on any atom is 0.286 e. The molecule has 4 N–H and O–H groups in total. The number of likely N-dealkylation sites (tertiary alicyclic amines) is 1. The number of carbonyl (C=O) groups excluding carboxylic acids is 1. The van der Waals surface area contributed by atoms with Crippen LogP contribution in [0.1, 0.15) is 37.7 Å². The number of thioether (sulfide) groups is 1. The van der Waals surface area contributed by atoms with E-state index >= 15 is 0 Å². The number of piperidine rings is 2. The summed E-state index contributed by atoms with van der Waals surface area (Å²) < 4.78 is 30.8. The Morgan fingerprint density at radius 1 is 1.07 bits per heavy atom. The van der Waals surface area contributed by atoms with E-state index in [0.717, 1.165) is 74.5 Å². The lowest BCUT2D eigenvalue weighted by molar-refractivity contribution is -0.113. The SMILES string of the molecule is CS(=O)(=O)Nc1cc(OC[C@@H](O)CNC2CCN(c3ccc(C=C4SC(N5CCCCC5)=NC4=O)cc3)CC2)ccc1O. The van der Waals surface area contributed by atoms with E-state index < -0.39 is 16.1 Å². The molecule has 5 rings (SSSR count). The van der Waals surface area contributed by atoms with Crippen LogP contribution in [-0.4, -0.2) is 92.3 Å². The third-order valence-corrected chi connectivity index (χ3v) is 9.27. The van der Waals surface area contributed by atoms with E-state index in [4.69, 9.17) is 4.74 Å². The van der Waals surface area contributed by atoms with Crippen LogP contribution < -0.4 is 19.7 Å². The number of nitrogens with zero attached hydrogens (tertiary/aromatic N) is 3. The first-order valence-corrected chi connectivity index (χ1v) is 17.3. The number of benzene rings is 2. The fourth-order valence-corrected chi connectivity index (χ4v) is 6.86. The van der Waals surface area contributed by atoms with Crippen LogP contribution in [0.4, 0.5) is 11.4 Å². The van der Waals surface area contributed by atoms with Crippen molar-refractivity contribution < 1.29 is 28.2 Å². The Kier molecular flexibility index (Phi) is 10.2. The van der Waals surface area contributed by atoms with Crippen molar-refractivity contribution in [3.8, 4) is 11.5 Å². The largest absolute Gasteiger partial charge is 0.506 e. The van der Waals surface area contributed by atoms with Gasteiger partial charge in [0.15, 0.2) is 5.17 Å². The molecule has 3 heterocycles. The molecular formula is C30H39N5O6S2. The van der Waals surface area contributed by atoms with Crippen LogP contribution >= 0.6 is 11.8 Å². The summed E-state index contributed by atoms with van der Waals surface area (Å²) >= 11 is 1.48. The molecule has 0 radical (unpaired) electrons. The molecule has 232 valence electrons. The molecule has 1 atom stereocenters. The van der Waals surface area contributed by atoms with Gasteiger partial charge >= 0.3 is 0 Å². The number of phenols is 1. The van der Waals surface area contributed by atoms with Gasteiger partial charge in [0.25, 0.3) is 5.91 Å². The Balaban J connectivity index is 1.03. The van der Waals surface area contributed by atoms with Crippen molar-refractivity contribution in [2.24, 2.45) is 4.99 Å². The van der Waals surface area contributed by atoms with Gasteiger partial charge in [-0.15, -0.1) is 0 Å². The fourth-order valence-electron chi connectivity index (χ4n) is 5.33. The zero-order valence-corrected chi connectivity index (χ0v) is 25.9. The van der Waals surface area contributed by atoms with Gasteiger partial charge in [-0.2, -0.15) is 4.99 Å². The normalized spacial score (nSPS) is 19.9. The first kappa shape index (κ1) is 31.2. The van der Waals surface area contributed by atoms with Crippen LogP contribution in [0.3, 0.4) is 0 Å². The molecule has 11 nitrogen and oxygen atoms in total. The predicted molar refractivity (Wildman–Crippen MR) is 171 cm³/mol. The molecule has 3 aliphatic heterocycles. The standard InChI is InChI=1S/C30H39N5O6S2/c1-43(39,40)33-26-18-25(9-10-27(26)37)41-20-24(36)19-31-22-11-15-34(16-12-22)23-7-5-21(6-8-23)17-28-29(38)32-30(42-28)35-13-3-2-4-14-35/h5-10,17-18,22,24,31,33,36-37H,2-4,11-16,19-20H2,1H3/t24-/m0/s1. The van der Waals surface area contributed by atoms with Crippen molar-refractivity contribution >= 4 is 50.3 Å². The van der Waals surface area contributed by atoms with Crippen LogP contribution in [0.15, 0.2) is 52.4 Å². The minimum atomic E-state index is -3.55. The van der Waals surface area contributed by atoms with Crippen molar-refractivity contribution in [2.75, 3.05) is 55.2 Å². The molecule has 0 aliphatic carbocycles. The number of carbonyl (C=O) groups is 1. The molecule has 0 saturated carbocycles. The molecule has 0 aromatic heterocycles. The van der Waals surface area contributed by atoms with Crippen LogP contribution in [-0.2, 0) is 14.8 Å².